The Morgan fingerprint density at radius 1 is 1.25 bits per heavy atom. The lowest BCUT2D eigenvalue weighted by atomic mass is 10.2. The SMILES string of the molecule is CCNCCc1nc(-c2ccccc2)cs1. The van der Waals surface area contributed by atoms with Gasteiger partial charge in [0.05, 0.1) is 10.7 Å². The number of hydrogen-bond acceptors (Lipinski definition) is 3. The maximum Gasteiger partial charge on any atom is 0.0945 e. The molecular formula is C13H16N2S. The number of likely N-dealkylation sites (N-methyl/N-ethyl adjacent to an activating group) is 1. The van der Waals surface area contributed by atoms with Crippen molar-refractivity contribution in [3.63, 3.8) is 0 Å². The van der Waals surface area contributed by atoms with Gasteiger partial charge < -0.3 is 5.32 Å². The van der Waals surface area contributed by atoms with E-state index in [2.05, 4.69) is 34.7 Å². The molecule has 16 heavy (non-hydrogen) atoms. The van der Waals surface area contributed by atoms with Gasteiger partial charge in [0.15, 0.2) is 0 Å². The molecule has 3 heteroatoms. The van der Waals surface area contributed by atoms with Gasteiger partial charge in [0.2, 0.25) is 0 Å². The van der Waals surface area contributed by atoms with Gasteiger partial charge in [-0.15, -0.1) is 11.3 Å². The predicted octanol–water partition coefficient (Wildman–Crippen LogP) is 2.96. The quantitative estimate of drug-likeness (QED) is 0.802. The molecule has 1 N–H and O–H groups in total. The van der Waals surface area contributed by atoms with Crippen LogP contribution in [0.2, 0.25) is 0 Å². The van der Waals surface area contributed by atoms with E-state index in [-0.39, 0.29) is 0 Å². The highest BCUT2D eigenvalue weighted by molar-refractivity contribution is 7.09. The third-order valence-electron chi connectivity index (χ3n) is 2.39. The number of benzene rings is 1. The molecule has 1 aromatic heterocycles. The summed E-state index contributed by atoms with van der Waals surface area (Å²) in [5.41, 5.74) is 2.30. The molecule has 0 aliphatic heterocycles. The van der Waals surface area contributed by atoms with Crippen LogP contribution in [0.15, 0.2) is 35.7 Å². The van der Waals surface area contributed by atoms with Gasteiger partial charge in [-0.2, -0.15) is 0 Å². The molecule has 0 unspecified atom stereocenters. The Morgan fingerprint density at radius 2 is 2.06 bits per heavy atom. The number of thiazole rings is 1. The Morgan fingerprint density at radius 3 is 2.81 bits per heavy atom. The normalized spacial score (nSPS) is 10.6. The van der Waals surface area contributed by atoms with Crippen molar-refractivity contribution in [2.45, 2.75) is 13.3 Å². The number of nitrogens with one attached hydrogen (secondary N) is 1. The standard InChI is InChI=1S/C13H16N2S/c1-2-14-9-8-13-15-12(10-16-13)11-6-4-3-5-7-11/h3-7,10,14H,2,8-9H2,1H3. The lowest BCUT2D eigenvalue weighted by molar-refractivity contribution is 0.714. The smallest absolute Gasteiger partial charge is 0.0945 e. The summed E-state index contributed by atoms with van der Waals surface area (Å²) >= 11 is 1.74. The van der Waals surface area contributed by atoms with E-state index < -0.39 is 0 Å². The largest absolute Gasteiger partial charge is 0.317 e. The molecule has 0 saturated heterocycles. The van der Waals surface area contributed by atoms with E-state index in [1.165, 1.54) is 10.6 Å². The summed E-state index contributed by atoms with van der Waals surface area (Å²) in [7, 11) is 0. The maximum atomic E-state index is 4.63. The fraction of sp³-hybridized carbons (Fsp3) is 0.308. The lowest BCUT2D eigenvalue weighted by Crippen LogP contribution is -2.15. The highest BCUT2D eigenvalue weighted by Gasteiger charge is 2.03. The van der Waals surface area contributed by atoms with Crippen LogP contribution in [0.1, 0.15) is 11.9 Å². The molecular weight excluding hydrogens is 216 g/mol. The molecule has 0 spiro atoms. The van der Waals surface area contributed by atoms with Crippen LogP contribution in [-0.4, -0.2) is 18.1 Å². The van der Waals surface area contributed by atoms with Crippen LogP contribution in [0, 0.1) is 0 Å². The highest BCUT2D eigenvalue weighted by atomic mass is 32.1. The summed E-state index contributed by atoms with van der Waals surface area (Å²) in [6, 6.07) is 10.3. The fourth-order valence-corrected chi connectivity index (χ4v) is 2.35. The molecule has 0 radical (unpaired) electrons. The number of hydrogen-bond donors (Lipinski definition) is 1. The van der Waals surface area contributed by atoms with Gasteiger partial charge in [-0.1, -0.05) is 37.3 Å². The van der Waals surface area contributed by atoms with Gasteiger partial charge >= 0.3 is 0 Å². The van der Waals surface area contributed by atoms with Crippen LogP contribution in [0.4, 0.5) is 0 Å². The van der Waals surface area contributed by atoms with Crippen molar-refractivity contribution in [2.24, 2.45) is 0 Å². The van der Waals surface area contributed by atoms with Crippen LogP contribution in [-0.2, 0) is 6.42 Å². The zero-order chi connectivity index (χ0) is 11.2. The summed E-state index contributed by atoms with van der Waals surface area (Å²) in [5.74, 6) is 0. The third-order valence-corrected chi connectivity index (χ3v) is 3.30. The van der Waals surface area contributed by atoms with E-state index in [0.29, 0.717) is 0 Å². The van der Waals surface area contributed by atoms with Crippen LogP contribution >= 0.6 is 11.3 Å². The zero-order valence-corrected chi connectivity index (χ0v) is 10.3. The molecule has 1 aromatic carbocycles. The zero-order valence-electron chi connectivity index (χ0n) is 9.44. The fourth-order valence-electron chi connectivity index (χ4n) is 1.54. The van der Waals surface area contributed by atoms with Gasteiger partial charge in [0, 0.05) is 23.9 Å². The van der Waals surface area contributed by atoms with E-state index >= 15 is 0 Å². The van der Waals surface area contributed by atoms with Crippen molar-refractivity contribution in [1.29, 1.82) is 0 Å². The van der Waals surface area contributed by atoms with Crippen molar-refractivity contribution >= 4 is 11.3 Å². The Bertz CT molecular complexity index is 423. The number of nitrogens with zero attached hydrogens (tertiary/aromatic N) is 1. The van der Waals surface area contributed by atoms with Crippen LogP contribution in [0.25, 0.3) is 11.3 Å². The van der Waals surface area contributed by atoms with Gasteiger partial charge in [-0.05, 0) is 6.54 Å². The Labute approximate surface area is 100 Å². The van der Waals surface area contributed by atoms with Crippen molar-refractivity contribution in [3.8, 4) is 11.3 Å². The van der Waals surface area contributed by atoms with E-state index in [4.69, 9.17) is 0 Å². The molecule has 2 rings (SSSR count). The van der Waals surface area contributed by atoms with Gasteiger partial charge in [0.25, 0.3) is 0 Å². The maximum absolute atomic E-state index is 4.63. The second kappa shape index (κ2) is 5.77. The molecule has 0 bridgehead atoms. The second-order valence-corrected chi connectivity index (χ2v) is 4.54. The average molecular weight is 232 g/mol. The first-order valence-corrected chi connectivity index (χ1v) is 6.48. The predicted molar refractivity (Wildman–Crippen MR) is 69.8 cm³/mol. The first-order chi connectivity index (χ1) is 7.90. The van der Waals surface area contributed by atoms with E-state index in [0.717, 1.165) is 25.2 Å². The highest BCUT2D eigenvalue weighted by Crippen LogP contribution is 2.21. The first-order valence-electron chi connectivity index (χ1n) is 5.60. The topological polar surface area (TPSA) is 24.9 Å². The molecule has 0 atom stereocenters. The van der Waals surface area contributed by atoms with Crippen LogP contribution in [0.5, 0.6) is 0 Å². The monoisotopic (exact) mass is 232 g/mol. The van der Waals surface area contributed by atoms with Gasteiger partial charge in [0.1, 0.15) is 0 Å². The van der Waals surface area contributed by atoms with Gasteiger partial charge in [-0.3, -0.25) is 0 Å². The Kier molecular flexibility index (Phi) is 4.08. The molecule has 2 aromatic rings. The molecule has 0 fully saturated rings. The first kappa shape index (κ1) is 11.3. The molecule has 0 amide bonds. The number of rotatable bonds is 5. The Balaban J connectivity index is 2.02. The Hall–Kier alpha value is -1.19. The van der Waals surface area contributed by atoms with E-state index in [1.54, 1.807) is 11.3 Å². The van der Waals surface area contributed by atoms with Crippen LogP contribution in [0.3, 0.4) is 0 Å². The minimum absolute atomic E-state index is 1.01. The third kappa shape index (κ3) is 2.90. The number of aromatic nitrogens is 1. The molecule has 2 nitrogen and oxygen atoms in total. The molecule has 0 saturated carbocycles. The van der Waals surface area contributed by atoms with Gasteiger partial charge in [-0.25, -0.2) is 4.98 Å². The summed E-state index contributed by atoms with van der Waals surface area (Å²) in [4.78, 5) is 4.63. The van der Waals surface area contributed by atoms with Crippen molar-refractivity contribution < 1.29 is 0 Å². The van der Waals surface area contributed by atoms with Crippen molar-refractivity contribution in [1.82, 2.24) is 10.3 Å². The molecule has 84 valence electrons. The van der Waals surface area contributed by atoms with E-state index in [1.807, 2.05) is 18.2 Å². The summed E-state index contributed by atoms with van der Waals surface area (Å²) in [6.45, 7) is 4.16. The summed E-state index contributed by atoms with van der Waals surface area (Å²) in [5, 5.41) is 6.66. The summed E-state index contributed by atoms with van der Waals surface area (Å²) < 4.78 is 0. The minimum atomic E-state index is 1.01. The van der Waals surface area contributed by atoms with Crippen molar-refractivity contribution in [3.05, 3.63) is 40.7 Å². The average Bonchev–Trinajstić information content (AvgIpc) is 2.79. The lowest BCUT2D eigenvalue weighted by Gasteiger charge is -1.97. The second-order valence-electron chi connectivity index (χ2n) is 3.60. The molecule has 1 heterocycles. The molecule has 0 aliphatic carbocycles. The minimum Gasteiger partial charge on any atom is -0.317 e. The van der Waals surface area contributed by atoms with Crippen LogP contribution < -0.4 is 5.32 Å². The van der Waals surface area contributed by atoms with Crippen molar-refractivity contribution in [2.75, 3.05) is 13.1 Å². The molecule has 0 aliphatic rings. The summed E-state index contributed by atoms with van der Waals surface area (Å²) in [6.07, 6.45) is 1.02. The van der Waals surface area contributed by atoms with E-state index in [9.17, 15) is 0 Å².